The maximum absolute atomic E-state index is 12.9. The first-order valence-electron chi connectivity index (χ1n) is 10.5. The molecule has 0 aromatic heterocycles. The predicted octanol–water partition coefficient (Wildman–Crippen LogP) is 1.14. The Labute approximate surface area is 187 Å². The number of esters is 3. The second-order valence-corrected chi connectivity index (χ2v) is 8.59. The molecule has 0 bridgehead atoms. The number of carboxylic acids is 1. The van der Waals surface area contributed by atoms with Crippen LogP contribution in [0.2, 0.25) is 0 Å². The van der Waals surface area contributed by atoms with E-state index in [9.17, 15) is 14.4 Å². The van der Waals surface area contributed by atoms with Crippen molar-refractivity contribution in [2.75, 3.05) is 20.2 Å². The number of aliphatic carboxylic acids is 1. The predicted molar refractivity (Wildman–Crippen MR) is 111 cm³/mol. The fourth-order valence-corrected chi connectivity index (χ4v) is 4.22. The lowest BCUT2D eigenvalue weighted by atomic mass is 9.85. The van der Waals surface area contributed by atoms with Crippen LogP contribution >= 0.6 is 0 Å². The fraction of sp³-hybridized carbons (Fsp3) is 0.565. The average molecular weight is 450 g/mol. The van der Waals surface area contributed by atoms with Crippen molar-refractivity contribution in [3.8, 4) is 0 Å². The molecule has 0 N–H and O–H groups in total. The Morgan fingerprint density at radius 1 is 1.31 bits per heavy atom. The number of hydrogen-bond acceptors (Lipinski definition) is 8. The molecule has 4 atom stereocenters. The van der Waals surface area contributed by atoms with Crippen molar-refractivity contribution in [1.29, 1.82) is 0 Å². The molecule has 1 saturated heterocycles. The van der Waals surface area contributed by atoms with E-state index in [4.69, 9.17) is 24.1 Å². The van der Waals surface area contributed by atoms with Gasteiger partial charge in [-0.1, -0.05) is 13.0 Å². The molecule has 0 aromatic rings. The van der Waals surface area contributed by atoms with Gasteiger partial charge in [0.25, 0.3) is 0 Å². The van der Waals surface area contributed by atoms with Crippen LogP contribution in [0.1, 0.15) is 47.5 Å². The van der Waals surface area contributed by atoms with Gasteiger partial charge in [0.05, 0.1) is 19.2 Å². The smallest absolute Gasteiger partial charge is 0.350 e. The minimum absolute atomic E-state index is 0.0482. The molecule has 176 valence electrons. The standard InChI is InChI=1S/C21H28NO6.C2H4O2/c1-6-15-11-13(2)21(4,28-14(3)23)20(25)26-12-16-7-9-22(5)10-8-17(18(16)22)27-19(15)24;1-2(3)4/h6-7,9,13,17H,8,10-12H2,1-5H3;1H3,(H,3,4)/q+1;/p-1/b15-6-;. The normalized spacial score (nSPS) is 33.2. The lowest BCUT2D eigenvalue weighted by Gasteiger charge is -2.33. The first kappa shape index (κ1) is 25.3. The second-order valence-electron chi connectivity index (χ2n) is 8.59. The number of hydrogen-bond donors (Lipinski definition) is 0. The van der Waals surface area contributed by atoms with Crippen LogP contribution < -0.4 is 5.11 Å². The molecule has 3 heterocycles. The van der Waals surface area contributed by atoms with E-state index < -0.39 is 35.4 Å². The maximum atomic E-state index is 12.9. The van der Waals surface area contributed by atoms with Gasteiger partial charge in [0.2, 0.25) is 5.60 Å². The zero-order valence-corrected chi connectivity index (χ0v) is 19.4. The molecule has 4 unspecified atom stereocenters. The number of carbonyl (C=O) groups is 4. The Kier molecular flexibility index (Phi) is 7.66. The number of allylic oxidation sites excluding steroid dienone is 1. The summed E-state index contributed by atoms with van der Waals surface area (Å²) >= 11 is 0. The molecule has 0 aromatic carbocycles. The van der Waals surface area contributed by atoms with Crippen molar-refractivity contribution in [3.63, 3.8) is 0 Å². The molecule has 3 rings (SSSR count). The van der Waals surface area contributed by atoms with Crippen molar-refractivity contribution < 1.29 is 43.0 Å². The monoisotopic (exact) mass is 449 g/mol. The van der Waals surface area contributed by atoms with Gasteiger partial charge in [-0.2, -0.15) is 0 Å². The van der Waals surface area contributed by atoms with E-state index in [1.807, 2.05) is 19.3 Å². The Balaban J connectivity index is 0.000000837. The summed E-state index contributed by atoms with van der Waals surface area (Å²) in [5, 5.41) is 8.89. The van der Waals surface area contributed by atoms with Crippen LogP contribution in [-0.2, 0) is 33.4 Å². The van der Waals surface area contributed by atoms with Gasteiger partial charge in [0, 0.05) is 36.9 Å². The van der Waals surface area contributed by atoms with Crippen LogP contribution in [0, 0.1) is 5.92 Å². The number of quaternary nitrogens is 1. The fourth-order valence-electron chi connectivity index (χ4n) is 4.22. The van der Waals surface area contributed by atoms with Gasteiger partial charge in [-0.15, -0.1) is 0 Å². The highest BCUT2D eigenvalue weighted by Gasteiger charge is 2.49. The van der Waals surface area contributed by atoms with Crippen molar-refractivity contribution in [1.82, 2.24) is 0 Å². The van der Waals surface area contributed by atoms with Crippen molar-refractivity contribution in [3.05, 3.63) is 35.2 Å². The maximum Gasteiger partial charge on any atom is 0.350 e. The Morgan fingerprint density at radius 3 is 2.50 bits per heavy atom. The highest BCUT2D eigenvalue weighted by atomic mass is 16.6. The quantitative estimate of drug-likeness (QED) is 0.253. The number of ether oxygens (including phenoxy) is 3. The van der Waals surface area contributed by atoms with Gasteiger partial charge in [-0.3, -0.25) is 9.28 Å². The summed E-state index contributed by atoms with van der Waals surface area (Å²) in [4.78, 5) is 46.3. The van der Waals surface area contributed by atoms with Crippen LogP contribution in [0.3, 0.4) is 0 Å². The lowest BCUT2D eigenvalue weighted by molar-refractivity contribution is -0.808. The highest BCUT2D eigenvalue weighted by molar-refractivity contribution is 5.89. The zero-order chi connectivity index (χ0) is 24.3. The third-order valence-electron chi connectivity index (χ3n) is 6.09. The molecule has 9 heteroatoms. The van der Waals surface area contributed by atoms with Crippen LogP contribution in [0.25, 0.3) is 0 Å². The number of nitrogens with zero attached hydrogens (tertiary/aromatic N) is 1. The molecule has 0 spiro atoms. The van der Waals surface area contributed by atoms with E-state index in [1.165, 1.54) is 13.8 Å². The van der Waals surface area contributed by atoms with Crippen LogP contribution in [0.5, 0.6) is 0 Å². The van der Waals surface area contributed by atoms with Gasteiger partial charge in [-0.05, 0) is 27.2 Å². The summed E-state index contributed by atoms with van der Waals surface area (Å²) in [6.45, 7) is 8.14. The number of carbonyl (C=O) groups excluding carboxylic acids is 4. The number of rotatable bonds is 1. The summed E-state index contributed by atoms with van der Waals surface area (Å²) in [5.74, 6) is -3.15. The molecule has 1 fully saturated rings. The molecule has 0 saturated carbocycles. The SMILES string of the molecule is C/C=C1/CC(C)C(C)(OC(C)=O)C(=O)OCC2=C3C(CC[N+]3(C)C=C2)OC1=O.CC(=O)[O-]. The molecule has 0 radical (unpaired) electrons. The summed E-state index contributed by atoms with van der Waals surface area (Å²) < 4.78 is 17.4. The van der Waals surface area contributed by atoms with E-state index >= 15 is 0 Å². The van der Waals surface area contributed by atoms with Gasteiger partial charge < -0.3 is 24.1 Å². The minimum atomic E-state index is -1.50. The third kappa shape index (κ3) is 5.27. The number of carboxylic acid groups (broad SMARTS) is 1. The molecule has 9 nitrogen and oxygen atoms in total. The van der Waals surface area contributed by atoms with Crippen LogP contribution in [0.15, 0.2) is 35.2 Å². The molecule has 3 aliphatic rings. The average Bonchev–Trinajstić information content (AvgIpc) is 3.17. The van der Waals surface area contributed by atoms with Gasteiger partial charge in [0.15, 0.2) is 11.8 Å². The first-order chi connectivity index (χ1) is 14.8. The van der Waals surface area contributed by atoms with E-state index in [-0.39, 0.29) is 19.1 Å². The van der Waals surface area contributed by atoms with Crippen molar-refractivity contribution in [2.24, 2.45) is 5.92 Å². The van der Waals surface area contributed by atoms with E-state index in [0.717, 1.165) is 31.2 Å². The van der Waals surface area contributed by atoms with Crippen molar-refractivity contribution in [2.45, 2.75) is 59.2 Å². The number of likely N-dealkylation sites (N-methyl/N-ethyl adjacent to an activating group) is 1. The molecular weight excluding hydrogens is 418 g/mol. The second kappa shape index (κ2) is 9.68. The van der Waals surface area contributed by atoms with Gasteiger partial charge in [0.1, 0.15) is 12.8 Å². The molecule has 0 aliphatic carbocycles. The largest absolute Gasteiger partial charge is 0.550 e. The lowest BCUT2D eigenvalue weighted by Crippen LogP contribution is -2.47. The molecular formula is C23H31NO8. The van der Waals surface area contributed by atoms with Crippen LogP contribution in [0.4, 0.5) is 0 Å². The van der Waals surface area contributed by atoms with Crippen LogP contribution in [-0.4, -0.2) is 60.3 Å². The van der Waals surface area contributed by atoms with Crippen molar-refractivity contribution >= 4 is 23.9 Å². The summed E-state index contributed by atoms with van der Waals surface area (Å²) in [6.07, 6.45) is 6.24. The van der Waals surface area contributed by atoms with E-state index in [1.54, 1.807) is 19.9 Å². The topological polar surface area (TPSA) is 119 Å². The first-order valence-corrected chi connectivity index (χ1v) is 10.5. The molecule has 3 aliphatic heterocycles. The Bertz CT molecular complexity index is 898. The summed E-state index contributed by atoms with van der Waals surface area (Å²) in [7, 11) is 2.04. The van der Waals surface area contributed by atoms with Gasteiger partial charge in [-0.25, -0.2) is 9.59 Å². The van der Waals surface area contributed by atoms with E-state index in [2.05, 4.69) is 0 Å². The number of cyclic esters (lactones) is 1. The summed E-state index contributed by atoms with van der Waals surface area (Å²) in [6, 6.07) is 0. The molecule has 32 heavy (non-hydrogen) atoms. The Morgan fingerprint density at radius 2 is 1.94 bits per heavy atom. The van der Waals surface area contributed by atoms with E-state index in [0.29, 0.717) is 10.1 Å². The third-order valence-corrected chi connectivity index (χ3v) is 6.09. The van der Waals surface area contributed by atoms with Gasteiger partial charge >= 0.3 is 17.9 Å². The minimum Gasteiger partial charge on any atom is -0.550 e. The highest BCUT2D eigenvalue weighted by Crippen LogP contribution is 2.40. The zero-order valence-electron chi connectivity index (χ0n) is 19.4. The summed E-state index contributed by atoms with van der Waals surface area (Å²) in [5.41, 5.74) is 0.722. The Hall–Kier alpha value is -2.94. The molecule has 0 amide bonds.